The second-order valence-electron chi connectivity index (χ2n) is 8.48. The Bertz CT molecular complexity index is 1210. The number of anilines is 2. The Labute approximate surface area is 220 Å². The van der Waals surface area contributed by atoms with E-state index in [1.807, 2.05) is 36.4 Å². The summed E-state index contributed by atoms with van der Waals surface area (Å²) in [6, 6.07) is 13.7. The van der Waals surface area contributed by atoms with Crippen LogP contribution >= 0.6 is 23.2 Å². The molecule has 1 aliphatic carbocycles. The highest BCUT2D eigenvalue weighted by Gasteiger charge is 2.26. The molecular weight excluding hydrogens is 499 g/mol. The van der Waals surface area contributed by atoms with Gasteiger partial charge in [-0.25, -0.2) is 14.8 Å². The van der Waals surface area contributed by atoms with E-state index in [1.54, 1.807) is 36.7 Å². The zero-order chi connectivity index (χ0) is 25.5. The van der Waals surface area contributed by atoms with Crippen LogP contribution in [0.2, 0.25) is 10.0 Å². The third-order valence-corrected chi connectivity index (χ3v) is 6.43. The van der Waals surface area contributed by atoms with Crippen molar-refractivity contribution in [2.24, 2.45) is 5.92 Å². The fourth-order valence-electron chi connectivity index (χ4n) is 3.70. The maximum absolute atomic E-state index is 12.7. The van der Waals surface area contributed by atoms with Crippen LogP contribution in [0.25, 0.3) is 6.08 Å². The molecule has 36 heavy (non-hydrogen) atoms. The molecule has 0 bridgehead atoms. The zero-order valence-electron chi connectivity index (χ0n) is 19.7. The quantitative estimate of drug-likeness (QED) is 0.342. The summed E-state index contributed by atoms with van der Waals surface area (Å²) >= 11 is 12.2. The third kappa shape index (κ3) is 6.62. The molecule has 1 saturated carbocycles. The molecule has 0 aliphatic heterocycles. The molecule has 1 heterocycles. The van der Waals surface area contributed by atoms with Gasteiger partial charge in [0, 0.05) is 24.6 Å². The summed E-state index contributed by atoms with van der Waals surface area (Å²) in [5.41, 5.74) is 2.08. The van der Waals surface area contributed by atoms with Crippen LogP contribution in [-0.4, -0.2) is 41.5 Å². The van der Waals surface area contributed by atoms with Crippen molar-refractivity contribution in [3.05, 3.63) is 88.2 Å². The highest BCUT2D eigenvalue weighted by atomic mass is 35.5. The fraction of sp³-hybridized carbons (Fsp3) is 0.259. The summed E-state index contributed by atoms with van der Waals surface area (Å²) in [5.74, 6) is 0.241. The molecule has 7 nitrogen and oxygen atoms in total. The lowest BCUT2D eigenvalue weighted by molar-refractivity contribution is -0.142. The monoisotopic (exact) mass is 524 g/mol. The molecule has 1 atom stereocenters. The maximum Gasteiger partial charge on any atom is 0.328 e. The standard InChI is InChI=1S/C27H26Cl2N4O3/c1-36-26(35)23(32-25(34)24-21(28)6-3-7-22(24)29)8-2-5-18-11-13-20(14-12-18)33(17-19-9-10-19)27-30-15-4-16-31-27/h2-7,11-16,19,23H,8-10,17H2,1H3,(H,32,34)/b5-2+. The lowest BCUT2D eigenvalue weighted by Crippen LogP contribution is -2.41. The molecule has 0 saturated heterocycles. The molecule has 0 spiro atoms. The smallest absolute Gasteiger partial charge is 0.328 e. The molecule has 1 aromatic heterocycles. The van der Waals surface area contributed by atoms with Crippen LogP contribution in [0.5, 0.6) is 0 Å². The Morgan fingerprint density at radius 2 is 1.75 bits per heavy atom. The number of aromatic nitrogens is 2. The summed E-state index contributed by atoms with van der Waals surface area (Å²) in [6.45, 7) is 0.884. The number of carbonyl (C=O) groups is 2. The number of carbonyl (C=O) groups excluding carboxylic acids is 2. The number of amides is 1. The minimum Gasteiger partial charge on any atom is -0.467 e. The van der Waals surface area contributed by atoms with E-state index in [4.69, 9.17) is 27.9 Å². The van der Waals surface area contributed by atoms with Crippen molar-refractivity contribution in [2.75, 3.05) is 18.6 Å². The molecule has 1 N–H and O–H groups in total. The molecule has 2 aromatic carbocycles. The van der Waals surface area contributed by atoms with Crippen LogP contribution in [0.1, 0.15) is 35.2 Å². The van der Waals surface area contributed by atoms with Gasteiger partial charge in [0.2, 0.25) is 5.95 Å². The Morgan fingerprint density at radius 3 is 2.36 bits per heavy atom. The molecule has 3 aromatic rings. The molecule has 4 rings (SSSR count). The molecule has 1 fully saturated rings. The summed E-state index contributed by atoms with van der Waals surface area (Å²) in [7, 11) is 1.27. The molecule has 1 unspecified atom stereocenters. The molecular formula is C27H26Cl2N4O3. The average Bonchev–Trinajstić information content (AvgIpc) is 3.71. The topological polar surface area (TPSA) is 84.4 Å². The van der Waals surface area contributed by atoms with E-state index in [2.05, 4.69) is 20.2 Å². The Kier molecular flexibility index (Phi) is 8.57. The zero-order valence-corrected chi connectivity index (χ0v) is 21.2. The van der Waals surface area contributed by atoms with Gasteiger partial charge < -0.3 is 15.0 Å². The lowest BCUT2D eigenvalue weighted by Gasteiger charge is -2.22. The van der Waals surface area contributed by atoms with Crippen molar-refractivity contribution in [1.82, 2.24) is 15.3 Å². The summed E-state index contributed by atoms with van der Waals surface area (Å²) in [5, 5.41) is 3.07. The number of nitrogens with one attached hydrogen (secondary N) is 1. The molecule has 0 radical (unpaired) electrons. The van der Waals surface area contributed by atoms with Gasteiger partial charge in [-0.05, 0) is 61.1 Å². The van der Waals surface area contributed by atoms with Gasteiger partial charge in [-0.1, -0.05) is 53.6 Å². The first-order valence-corrected chi connectivity index (χ1v) is 12.4. The number of ether oxygens (including phenoxy) is 1. The predicted molar refractivity (Wildman–Crippen MR) is 142 cm³/mol. The van der Waals surface area contributed by atoms with Gasteiger partial charge in [0.1, 0.15) is 6.04 Å². The van der Waals surface area contributed by atoms with Gasteiger partial charge in [0.25, 0.3) is 5.91 Å². The van der Waals surface area contributed by atoms with Gasteiger partial charge in [0.15, 0.2) is 0 Å². The maximum atomic E-state index is 12.7. The van der Waals surface area contributed by atoms with Crippen molar-refractivity contribution in [3.63, 3.8) is 0 Å². The highest BCUT2D eigenvalue weighted by Crippen LogP contribution is 2.34. The van der Waals surface area contributed by atoms with Crippen LogP contribution in [0.4, 0.5) is 11.6 Å². The van der Waals surface area contributed by atoms with E-state index >= 15 is 0 Å². The van der Waals surface area contributed by atoms with Crippen molar-refractivity contribution in [3.8, 4) is 0 Å². The van der Waals surface area contributed by atoms with E-state index in [0.29, 0.717) is 11.9 Å². The summed E-state index contributed by atoms with van der Waals surface area (Å²) in [6.07, 6.45) is 9.88. The number of hydrogen-bond acceptors (Lipinski definition) is 6. The first-order chi connectivity index (χ1) is 17.5. The van der Waals surface area contributed by atoms with Crippen molar-refractivity contribution in [1.29, 1.82) is 0 Å². The second-order valence-corrected chi connectivity index (χ2v) is 9.29. The number of benzene rings is 2. The predicted octanol–water partition coefficient (Wildman–Crippen LogP) is 5.71. The van der Waals surface area contributed by atoms with E-state index in [1.165, 1.54) is 20.0 Å². The fourth-order valence-corrected chi connectivity index (χ4v) is 4.27. The van der Waals surface area contributed by atoms with E-state index in [0.717, 1.165) is 17.8 Å². The number of rotatable bonds is 10. The molecule has 1 amide bonds. The first-order valence-electron chi connectivity index (χ1n) is 11.6. The number of methoxy groups -OCH3 is 1. The van der Waals surface area contributed by atoms with Crippen LogP contribution < -0.4 is 10.2 Å². The SMILES string of the molecule is COC(=O)C(C/C=C/c1ccc(N(CC2CC2)c2ncccn2)cc1)NC(=O)c1c(Cl)cccc1Cl. The molecule has 9 heteroatoms. The number of esters is 1. The minimum atomic E-state index is -0.894. The minimum absolute atomic E-state index is 0.118. The highest BCUT2D eigenvalue weighted by molar-refractivity contribution is 6.39. The number of halogens is 2. The van der Waals surface area contributed by atoms with E-state index in [-0.39, 0.29) is 22.0 Å². The summed E-state index contributed by atoms with van der Waals surface area (Å²) < 4.78 is 4.86. The Balaban J connectivity index is 1.43. The Hall–Kier alpha value is -3.42. The van der Waals surface area contributed by atoms with E-state index in [9.17, 15) is 9.59 Å². The summed E-state index contributed by atoms with van der Waals surface area (Å²) in [4.78, 5) is 36.0. The van der Waals surface area contributed by atoms with E-state index < -0.39 is 17.9 Å². The van der Waals surface area contributed by atoms with Gasteiger partial charge >= 0.3 is 5.97 Å². The van der Waals surface area contributed by atoms with Crippen molar-refractivity contribution in [2.45, 2.75) is 25.3 Å². The largest absolute Gasteiger partial charge is 0.467 e. The first kappa shape index (κ1) is 25.7. The third-order valence-electron chi connectivity index (χ3n) is 5.80. The van der Waals surface area contributed by atoms with Crippen LogP contribution in [-0.2, 0) is 9.53 Å². The number of nitrogens with zero attached hydrogens (tertiary/aromatic N) is 3. The van der Waals surface area contributed by atoms with Crippen molar-refractivity contribution >= 4 is 52.8 Å². The number of hydrogen-bond donors (Lipinski definition) is 1. The van der Waals surface area contributed by atoms with Gasteiger partial charge in [0.05, 0.1) is 22.7 Å². The van der Waals surface area contributed by atoms with Gasteiger partial charge in [-0.15, -0.1) is 0 Å². The van der Waals surface area contributed by atoms with Crippen LogP contribution in [0.3, 0.4) is 0 Å². The second kappa shape index (κ2) is 12.0. The Morgan fingerprint density at radius 1 is 1.08 bits per heavy atom. The van der Waals surface area contributed by atoms with Crippen molar-refractivity contribution < 1.29 is 14.3 Å². The molecule has 186 valence electrons. The average molecular weight is 525 g/mol. The molecule has 1 aliphatic rings. The van der Waals surface area contributed by atoms with Gasteiger partial charge in [-0.3, -0.25) is 4.79 Å². The normalized spacial score (nSPS) is 13.9. The lowest BCUT2D eigenvalue weighted by atomic mass is 10.1. The van der Waals surface area contributed by atoms with Gasteiger partial charge in [-0.2, -0.15) is 0 Å². The van der Waals surface area contributed by atoms with Crippen LogP contribution in [0, 0.1) is 5.92 Å². The van der Waals surface area contributed by atoms with Crippen LogP contribution in [0.15, 0.2) is 67.0 Å².